The highest BCUT2D eigenvalue weighted by Crippen LogP contribution is 2.20. The standard InChI is InChI=1S/C7H13NOS.C2H6/c1-6(9)3-7-4-10-5-8(7)2;1-2/h7H,3-5H2,1-2H3;1-2H3. The monoisotopic (exact) mass is 189 g/mol. The summed E-state index contributed by atoms with van der Waals surface area (Å²) in [5, 5.41) is 0. The zero-order chi connectivity index (χ0) is 9.56. The topological polar surface area (TPSA) is 20.3 Å². The van der Waals surface area contributed by atoms with Gasteiger partial charge in [0, 0.05) is 24.1 Å². The Labute approximate surface area is 79.7 Å². The lowest BCUT2D eigenvalue weighted by Gasteiger charge is -2.15. The molecule has 12 heavy (non-hydrogen) atoms. The number of nitrogens with zero attached hydrogens (tertiary/aromatic N) is 1. The Kier molecular flexibility index (Phi) is 6.48. The van der Waals surface area contributed by atoms with E-state index in [1.807, 2.05) is 25.6 Å². The van der Waals surface area contributed by atoms with E-state index in [1.54, 1.807) is 6.92 Å². The third-order valence-corrected chi connectivity index (χ3v) is 2.96. The third-order valence-electron chi connectivity index (χ3n) is 1.75. The van der Waals surface area contributed by atoms with Crippen LogP contribution in [0.4, 0.5) is 0 Å². The summed E-state index contributed by atoms with van der Waals surface area (Å²) in [5.41, 5.74) is 0. The molecule has 0 spiro atoms. The molecule has 1 aliphatic rings. The molecule has 0 N–H and O–H groups in total. The lowest BCUT2D eigenvalue weighted by molar-refractivity contribution is -0.117. The van der Waals surface area contributed by atoms with Gasteiger partial charge in [0.1, 0.15) is 5.78 Å². The number of carbonyl (C=O) groups excluding carboxylic acids is 1. The molecule has 0 aromatic rings. The van der Waals surface area contributed by atoms with E-state index >= 15 is 0 Å². The Morgan fingerprint density at radius 1 is 1.58 bits per heavy atom. The van der Waals surface area contributed by atoms with Gasteiger partial charge in [-0.2, -0.15) is 0 Å². The Morgan fingerprint density at radius 3 is 2.50 bits per heavy atom. The van der Waals surface area contributed by atoms with Crippen LogP contribution in [-0.2, 0) is 4.79 Å². The molecule has 1 saturated heterocycles. The van der Waals surface area contributed by atoms with E-state index in [-0.39, 0.29) is 0 Å². The summed E-state index contributed by atoms with van der Waals surface area (Å²) in [6, 6.07) is 0.502. The van der Waals surface area contributed by atoms with Crippen LogP contribution in [-0.4, -0.2) is 35.4 Å². The molecule has 0 aliphatic carbocycles. The van der Waals surface area contributed by atoms with Gasteiger partial charge < -0.3 is 0 Å². The van der Waals surface area contributed by atoms with Gasteiger partial charge in [0.15, 0.2) is 0 Å². The first-order chi connectivity index (χ1) is 5.70. The number of Topliss-reactive ketones (excluding diaryl/α,β-unsaturated/α-hetero) is 1. The van der Waals surface area contributed by atoms with Crippen molar-refractivity contribution < 1.29 is 4.79 Å². The summed E-state index contributed by atoms with van der Waals surface area (Å²) >= 11 is 1.91. The fraction of sp³-hybridized carbons (Fsp3) is 0.889. The first-order valence-electron chi connectivity index (χ1n) is 4.47. The largest absolute Gasteiger partial charge is 0.300 e. The summed E-state index contributed by atoms with van der Waals surface area (Å²) in [6.45, 7) is 5.66. The highest BCUT2D eigenvalue weighted by molar-refractivity contribution is 7.99. The second-order valence-electron chi connectivity index (χ2n) is 2.82. The molecular formula is C9H19NOS. The molecule has 1 atom stereocenters. The summed E-state index contributed by atoms with van der Waals surface area (Å²) in [5.74, 6) is 2.51. The van der Waals surface area contributed by atoms with Crippen molar-refractivity contribution in [3.05, 3.63) is 0 Å². The van der Waals surface area contributed by atoms with Gasteiger partial charge in [0.25, 0.3) is 0 Å². The molecular weight excluding hydrogens is 170 g/mol. The number of ketones is 1. The van der Waals surface area contributed by atoms with Crippen molar-refractivity contribution in [3.8, 4) is 0 Å². The number of hydrogen-bond acceptors (Lipinski definition) is 3. The lowest BCUT2D eigenvalue weighted by atomic mass is 10.2. The molecule has 1 unspecified atom stereocenters. The van der Waals surface area contributed by atoms with E-state index < -0.39 is 0 Å². The lowest BCUT2D eigenvalue weighted by Crippen LogP contribution is -2.28. The molecule has 0 radical (unpaired) electrons. The van der Waals surface area contributed by atoms with Crippen molar-refractivity contribution >= 4 is 17.5 Å². The van der Waals surface area contributed by atoms with E-state index in [9.17, 15) is 4.79 Å². The first-order valence-corrected chi connectivity index (χ1v) is 5.63. The van der Waals surface area contributed by atoms with Crippen molar-refractivity contribution in [1.82, 2.24) is 4.90 Å². The van der Waals surface area contributed by atoms with E-state index in [2.05, 4.69) is 11.9 Å². The van der Waals surface area contributed by atoms with Crippen LogP contribution in [0.5, 0.6) is 0 Å². The number of carbonyl (C=O) groups is 1. The first kappa shape index (κ1) is 12.0. The van der Waals surface area contributed by atoms with Gasteiger partial charge in [-0.05, 0) is 14.0 Å². The number of hydrogen-bond donors (Lipinski definition) is 0. The van der Waals surface area contributed by atoms with Gasteiger partial charge in [-0.25, -0.2) is 0 Å². The molecule has 1 fully saturated rings. The van der Waals surface area contributed by atoms with Gasteiger partial charge in [-0.1, -0.05) is 13.8 Å². The Hall–Kier alpha value is -0.0200. The second kappa shape index (κ2) is 6.49. The normalized spacial score (nSPS) is 23.2. The predicted molar refractivity (Wildman–Crippen MR) is 55.5 cm³/mol. The Bertz CT molecular complexity index is 138. The van der Waals surface area contributed by atoms with Gasteiger partial charge in [-0.15, -0.1) is 11.8 Å². The minimum absolute atomic E-state index is 0.305. The van der Waals surface area contributed by atoms with Crippen LogP contribution >= 0.6 is 11.8 Å². The SMILES string of the molecule is CC.CC(=O)CC1CSCN1C. The predicted octanol–water partition coefficient (Wildman–Crippen LogP) is 2.00. The summed E-state index contributed by atoms with van der Waals surface area (Å²) in [4.78, 5) is 13.0. The highest BCUT2D eigenvalue weighted by Gasteiger charge is 2.21. The van der Waals surface area contributed by atoms with Crippen LogP contribution in [0.25, 0.3) is 0 Å². The van der Waals surface area contributed by atoms with E-state index in [4.69, 9.17) is 0 Å². The van der Waals surface area contributed by atoms with E-state index in [0.717, 1.165) is 18.1 Å². The molecule has 0 aromatic heterocycles. The van der Waals surface area contributed by atoms with Gasteiger partial charge in [0.05, 0.1) is 0 Å². The quantitative estimate of drug-likeness (QED) is 0.662. The third kappa shape index (κ3) is 4.12. The minimum atomic E-state index is 0.305. The van der Waals surface area contributed by atoms with Crippen LogP contribution in [0.3, 0.4) is 0 Å². The Balaban J connectivity index is 0.000000561. The molecule has 1 aliphatic heterocycles. The van der Waals surface area contributed by atoms with Crippen LogP contribution in [0.1, 0.15) is 27.2 Å². The average molecular weight is 189 g/mol. The molecule has 0 bridgehead atoms. The molecule has 0 saturated carbocycles. The smallest absolute Gasteiger partial charge is 0.131 e. The maximum absolute atomic E-state index is 10.7. The zero-order valence-electron chi connectivity index (χ0n) is 8.46. The van der Waals surface area contributed by atoms with Crippen LogP contribution in [0, 0.1) is 0 Å². The summed E-state index contributed by atoms with van der Waals surface area (Å²) in [7, 11) is 2.08. The fourth-order valence-electron chi connectivity index (χ4n) is 1.11. The molecule has 2 nitrogen and oxygen atoms in total. The van der Waals surface area contributed by atoms with Crippen molar-refractivity contribution in [1.29, 1.82) is 0 Å². The van der Waals surface area contributed by atoms with Crippen LogP contribution < -0.4 is 0 Å². The Morgan fingerprint density at radius 2 is 2.17 bits per heavy atom. The van der Waals surface area contributed by atoms with E-state index in [1.165, 1.54) is 0 Å². The summed E-state index contributed by atoms with van der Waals surface area (Å²) < 4.78 is 0. The highest BCUT2D eigenvalue weighted by atomic mass is 32.2. The second-order valence-corrected chi connectivity index (χ2v) is 3.82. The van der Waals surface area contributed by atoms with Crippen LogP contribution in [0.15, 0.2) is 0 Å². The van der Waals surface area contributed by atoms with Crippen molar-refractivity contribution in [2.24, 2.45) is 0 Å². The van der Waals surface area contributed by atoms with Gasteiger partial charge in [0.2, 0.25) is 0 Å². The fourth-order valence-corrected chi connectivity index (χ4v) is 2.36. The minimum Gasteiger partial charge on any atom is -0.300 e. The molecule has 72 valence electrons. The number of rotatable bonds is 2. The number of thioether (sulfide) groups is 1. The van der Waals surface area contributed by atoms with Gasteiger partial charge >= 0.3 is 0 Å². The summed E-state index contributed by atoms with van der Waals surface area (Å²) in [6.07, 6.45) is 0.726. The molecule has 0 amide bonds. The molecule has 1 heterocycles. The van der Waals surface area contributed by atoms with Crippen molar-refractivity contribution in [2.75, 3.05) is 18.7 Å². The van der Waals surface area contributed by atoms with Gasteiger partial charge in [-0.3, -0.25) is 9.69 Å². The maximum atomic E-state index is 10.7. The van der Waals surface area contributed by atoms with Crippen molar-refractivity contribution in [3.63, 3.8) is 0 Å². The van der Waals surface area contributed by atoms with Crippen LogP contribution in [0.2, 0.25) is 0 Å². The molecule has 0 aromatic carbocycles. The van der Waals surface area contributed by atoms with Crippen molar-refractivity contribution in [2.45, 2.75) is 33.2 Å². The maximum Gasteiger partial charge on any atom is 0.131 e. The average Bonchev–Trinajstić information content (AvgIpc) is 2.40. The molecule has 1 rings (SSSR count). The van der Waals surface area contributed by atoms with E-state index in [0.29, 0.717) is 11.8 Å². The molecule has 3 heteroatoms. The zero-order valence-corrected chi connectivity index (χ0v) is 9.28.